The van der Waals surface area contributed by atoms with Crippen LogP contribution < -0.4 is 0 Å². The van der Waals surface area contributed by atoms with Gasteiger partial charge in [0.1, 0.15) is 11.3 Å². The summed E-state index contributed by atoms with van der Waals surface area (Å²) in [4.78, 5) is 15.2. The number of aromatic hydroxyl groups is 1. The Kier molecular flexibility index (Phi) is 2.51. The summed E-state index contributed by atoms with van der Waals surface area (Å²) in [6.45, 7) is 3.40. The van der Waals surface area contributed by atoms with Crippen molar-refractivity contribution < 1.29 is 14.6 Å². The van der Waals surface area contributed by atoms with Crippen LogP contribution in [0, 0.1) is 13.8 Å². The minimum atomic E-state index is -0.567. The van der Waals surface area contributed by atoms with E-state index in [0.717, 1.165) is 0 Å². The van der Waals surface area contributed by atoms with Crippen molar-refractivity contribution in [3.63, 3.8) is 0 Å². The van der Waals surface area contributed by atoms with Crippen LogP contribution in [0.2, 0.25) is 0 Å². The van der Waals surface area contributed by atoms with Crippen molar-refractivity contribution in [3.05, 3.63) is 23.0 Å². The van der Waals surface area contributed by atoms with Gasteiger partial charge >= 0.3 is 5.97 Å². The van der Waals surface area contributed by atoms with Gasteiger partial charge in [0.2, 0.25) is 0 Å². The van der Waals surface area contributed by atoms with Gasteiger partial charge in [-0.05, 0) is 13.8 Å². The average molecular weight is 181 g/mol. The van der Waals surface area contributed by atoms with E-state index in [0.29, 0.717) is 11.4 Å². The molecule has 0 atom stereocenters. The molecular weight excluding hydrogens is 170 g/mol. The molecule has 1 aromatic rings. The second-order valence-electron chi connectivity index (χ2n) is 2.73. The van der Waals surface area contributed by atoms with Crippen molar-refractivity contribution in [2.45, 2.75) is 13.8 Å². The summed E-state index contributed by atoms with van der Waals surface area (Å²) in [5, 5.41) is 9.43. The van der Waals surface area contributed by atoms with Crippen molar-refractivity contribution in [1.29, 1.82) is 0 Å². The molecular formula is C9H11NO3. The Balaban J connectivity index is 3.28. The number of methoxy groups -OCH3 is 1. The number of aryl methyl sites for hydroxylation is 2. The highest BCUT2D eigenvalue weighted by atomic mass is 16.5. The van der Waals surface area contributed by atoms with E-state index in [1.165, 1.54) is 13.2 Å². The number of hydrogen-bond acceptors (Lipinski definition) is 4. The minimum Gasteiger partial charge on any atom is -0.507 e. The Morgan fingerprint density at radius 2 is 2.15 bits per heavy atom. The van der Waals surface area contributed by atoms with E-state index in [1.54, 1.807) is 13.8 Å². The van der Waals surface area contributed by atoms with Crippen molar-refractivity contribution in [2.75, 3.05) is 7.11 Å². The molecule has 1 N–H and O–H groups in total. The van der Waals surface area contributed by atoms with Gasteiger partial charge in [0.05, 0.1) is 12.8 Å². The van der Waals surface area contributed by atoms with Crippen LogP contribution in [0.3, 0.4) is 0 Å². The van der Waals surface area contributed by atoms with Crippen LogP contribution in [-0.4, -0.2) is 23.2 Å². The zero-order chi connectivity index (χ0) is 10.0. The maximum absolute atomic E-state index is 11.1. The summed E-state index contributed by atoms with van der Waals surface area (Å²) < 4.78 is 4.50. The Morgan fingerprint density at radius 1 is 1.54 bits per heavy atom. The number of nitrogens with zero attached hydrogens (tertiary/aromatic N) is 1. The summed E-state index contributed by atoms with van der Waals surface area (Å²) in [6.07, 6.45) is 0. The maximum Gasteiger partial charge on any atom is 0.343 e. The molecule has 0 radical (unpaired) electrons. The van der Waals surface area contributed by atoms with Crippen LogP contribution >= 0.6 is 0 Å². The zero-order valence-corrected chi connectivity index (χ0v) is 7.79. The van der Waals surface area contributed by atoms with Gasteiger partial charge in [0.25, 0.3) is 0 Å². The molecule has 0 bridgehead atoms. The molecule has 0 unspecified atom stereocenters. The van der Waals surface area contributed by atoms with E-state index in [-0.39, 0.29) is 11.3 Å². The maximum atomic E-state index is 11.1. The molecule has 70 valence electrons. The van der Waals surface area contributed by atoms with Gasteiger partial charge in [-0.15, -0.1) is 0 Å². The highest BCUT2D eigenvalue weighted by Crippen LogP contribution is 2.20. The van der Waals surface area contributed by atoms with Crippen molar-refractivity contribution in [1.82, 2.24) is 4.98 Å². The number of ether oxygens (including phenoxy) is 1. The monoisotopic (exact) mass is 181 g/mol. The summed E-state index contributed by atoms with van der Waals surface area (Å²) in [5.74, 6) is -0.653. The van der Waals surface area contributed by atoms with Gasteiger partial charge in [-0.3, -0.25) is 4.98 Å². The van der Waals surface area contributed by atoms with Crippen molar-refractivity contribution >= 4 is 5.97 Å². The molecule has 4 heteroatoms. The molecule has 0 aliphatic rings. The lowest BCUT2D eigenvalue weighted by molar-refractivity contribution is 0.0596. The van der Waals surface area contributed by atoms with Crippen molar-refractivity contribution in [3.8, 4) is 5.75 Å². The van der Waals surface area contributed by atoms with E-state index in [4.69, 9.17) is 0 Å². The molecule has 1 heterocycles. The van der Waals surface area contributed by atoms with Gasteiger partial charge < -0.3 is 9.84 Å². The van der Waals surface area contributed by atoms with E-state index in [2.05, 4.69) is 9.72 Å². The van der Waals surface area contributed by atoms with E-state index in [1.807, 2.05) is 0 Å². The first-order valence-electron chi connectivity index (χ1n) is 3.81. The van der Waals surface area contributed by atoms with E-state index >= 15 is 0 Å². The fourth-order valence-corrected chi connectivity index (χ4v) is 1.16. The van der Waals surface area contributed by atoms with Crippen LogP contribution in [0.4, 0.5) is 0 Å². The molecule has 0 amide bonds. The number of aromatic nitrogens is 1. The standard InChI is InChI=1S/C9H11NO3/c1-5-4-7(11)8(6(2)10-5)9(12)13-3/h4H,1-3H3,(H,10,11). The van der Waals surface area contributed by atoms with Gasteiger partial charge in [-0.1, -0.05) is 0 Å². The lowest BCUT2D eigenvalue weighted by Gasteiger charge is -2.06. The molecule has 1 rings (SSSR count). The van der Waals surface area contributed by atoms with E-state index in [9.17, 15) is 9.90 Å². The number of esters is 1. The third kappa shape index (κ3) is 1.77. The molecule has 0 aliphatic carbocycles. The zero-order valence-electron chi connectivity index (χ0n) is 7.79. The molecule has 0 aliphatic heterocycles. The third-order valence-corrected chi connectivity index (χ3v) is 1.70. The van der Waals surface area contributed by atoms with Crippen LogP contribution in [-0.2, 0) is 4.74 Å². The Morgan fingerprint density at radius 3 is 2.62 bits per heavy atom. The Labute approximate surface area is 76.2 Å². The van der Waals surface area contributed by atoms with Crippen LogP contribution in [0.25, 0.3) is 0 Å². The first kappa shape index (κ1) is 9.51. The highest BCUT2D eigenvalue weighted by molar-refractivity contribution is 5.93. The Hall–Kier alpha value is -1.58. The summed E-state index contributed by atoms with van der Waals surface area (Å²) in [5.41, 5.74) is 1.28. The Bertz CT molecular complexity index is 324. The van der Waals surface area contributed by atoms with E-state index < -0.39 is 5.97 Å². The molecule has 0 fully saturated rings. The highest BCUT2D eigenvalue weighted by Gasteiger charge is 2.15. The van der Waals surface area contributed by atoms with Gasteiger partial charge in [0, 0.05) is 11.8 Å². The topological polar surface area (TPSA) is 59.4 Å². The molecule has 0 spiro atoms. The SMILES string of the molecule is COC(=O)c1c(O)cc(C)nc1C. The second kappa shape index (κ2) is 3.43. The summed E-state index contributed by atoms with van der Waals surface area (Å²) >= 11 is 0. The fraction of sp³-hybridized carbons (Fsp3) is 0.333. The predicted molar refractivity (Wildman–Crippen MR) is 46.7 cm³/mol. The largest absolute Gasteiger partial charge is 0.507 e. The minimum absolute atomic E-state index is 0.0862. The fourth-order valence-electron chi connectivity index (χ4n) is 1.16. The normalized spacial score (nSPS) is 9.77. The quantitative estimate of drug-likeness (QED) is 0.661. The smallest absolute Gasteiger partial charge is 0.343 e. The summed E-state index contributed by atoms with van der Waals surface area (Å²) in [7, 11) is 1.26. The van der Waals surface area contributed by atoms with Crippen LogP contribution in [0.5, 0.6) is 5.75 Å². The molecule has 0 saturated carbocycles. The lowest BCUT2D eigenvalue weighted by Crippen LogP contribution is -2.06. The lowest BCUT2D eigenvalue weighted by atomic mass is 10.1. The first-order chi connectivity index (χ1) is 6.06. The first-order valence-corrected chi connectivity index (χ1v) is 3.81. The average Bonchev–Trinajstić information content (AvgIpc) is 2.02. The molecule has 1 aromatic heterocycles. The van der Waals surface area contributed by atoms with Gasteiger partial charge in [-0.25, -0.2) is 4.79 Å². The number of carbonyl (C=O) groups is 1. The number of hydrogen-bond donors (Lipinski definition) is 1. The molecule has 13 heavy (non-hydrogen) atoms. The number of pyridine rings is 1. The molecule has 0 saturated heterocycles. The second-order valence-corrected chi connectivity index (χ2v) is 2.73. The van der Waals surface area contributed by atoms with Gasteiger partial charge in [-0.2, -0.15) is 0 Å². The molecule has 4 nitrogen and oxygen atoms in total. The number of carbonyl (C=O) groups excluding carboxylic acids is 1. The van der Waals surface area contributed by atoms with Gasteiger partial charge in [0.15, 0.2) is 0 Å². The van der Waals surface area contributed by atoms with Crippen molar-refractivity contribution in [2.24, 2.45) is 0 Å². The third-order valence-electron chi connectivity index (χ3n) is 1.70. The van der Waals surface area contributed by atoms with Crippen LogP contribution in [0.15, 0.2) is 6.07 Å². The van der Waals surface area contributed by atoms with Crippen LogP contribution in [0.1, 0.15) is 21.7 Å². The number of rotatable bonds is 1. The predicted octanol–water partition coefficient (Wildman–Crippen LogP) is 1.19. The summed E-state index contributed by atoms with van der Waals surface area (Å²) in [6, 6.07) is 1.43. The molecule has 0 aromatic carbocycles.